The lowest BCUT2D eigenvalue weighted by Gasteiger charge is -2.07. The molecular formula is C23H19NO5. The van der Waals surface area contributed by atoms with Gasteiger partial charge in [-0.1, -0.05) is 35.5 Å². The molecule has 0 amide bonds. The Balaban J connectivity index is 1.29. The molecule has 4 aromatic rings. The maximum atomic E-state index is 12.0. The first-order valence-electron chi connectivity index (χ1n) is 9.08. The summed E-state index contributed by atoms with van der Waals surface area (Å²) in [4.78, 5) is 12.0. The molecule has 146 valence electrons. The van der Waals surface area contributed by atoms with E-state index in [9.17, 15) is 4.79 Å². The van der Waals surface area contributed by atoms with Crippen LogP contribution in [0.15, 0.2) is 77.3 Å². The fourth-order valence-corrected chi connectivity index (χ4v) is 2.87. The minimum Gasteiger partial charge on any atom is -0.497 e. The van der Waals surface area contributed by atoms with Crippen LogP contribution >= 0.6 is 0 Å². The number of hydrogen-bond donors (Lipinski definition) is 0. The lowest BCUT2D eigenvalue weighted by atomic mass is 10.1. The zero-order valence-corrected chi connectivity index (χ0v) is 15.8. The maximum absolute atomic E-state index is 12.0. The predicted octanol–water partition coefficient (Wildman–Crippen LogP) is 4.63. The van der Waals surface area contributed by atoms with Crippen LogP contribution in [-0.2, 0) is 16.1 Å². The molecule has 29 heavy (non-hydrogen) atoms. The van der Waals surface area contributed by atoms with E-state index in [1.165, 1.54) is 0 Å². The zero-order chi connectivity index (χ0) is 20.1. The first kappa shape index (κ1) is 18.6. The van der Waals surface area contributed by atoms with Crippen LogP contribution < -0.4 is 9.47 Å². The summed E-state index contributed by atoms with van der Waals surface area (Å²) in [5, 5.41) is 6.10. The first-order chi connectivity index (χ1) is 14.2. The number of rotatable bonds is 7. The van der Waals surface area contributed by atoms with Gasteiger partial charge in [-0.05, 0) is 47.2 Å². The average Bonchev–Trinajstić information content (AvgIpc) is 3.25. The van der Waals surface area contributed by atoms with Crippen molar-refractivity contribution in [3.8, 4) is 22.8 Å². The number of aromatic nitrogens is 1. The van der Waals surface area contributed by atoms with E-state index in [1.807, 2.05) is 66.7 Å². The summed E-state index contributed by atoms with van der Waals surface area (Å²) >= 11 is 0. The molecule has 0 radical (unpaired) electrons. The Morgan fingerprint density at radius 3 is 2.48 bits per heavy atom. The highest BCUT2D eigenvalue weighted by atomic mass is 16.6. The number of carbonyl (C=O) groups excluding carboxylic acids is 1. The van der Waals surface area contributed by atoms with E-state index in [0.717, 1.165) is 22.1 Å². The van der Waals surface area contributed by atoms with E-state index in [-0.39, 0.29) is 13.2 Å². The second-order valence-electron chi connectivity index (χ2n) is 6.37. The van der Waals surface area contributed by atoms with Gasteiger partial charge in [0, 0.05) is 11.6 Å². The van der Waals surface area contributed by atoms with Crippen molar-refractivity contribution in [1.82, 2.24) is 5.16 Å². The summed E-state index contributed by atoms with van der Waals surface area (Å²) in [6, 6.07) is 22.8. The number of benzene rings is 3. The number of nitrogens with zero attached hydrogens (tertiary/aromatic N) is 1. The van der Waals surface area contributed by atoms with Crippen molar-refractivity contribution in [2.45, 2.75) is 6.61 Å². The Hall–Kier alpha value is -3.80. The van der Waals surface area contributed by atoms with Crippen molar-refractivity contribution in [2.75, 3.05) is 13.7 Å². The first-order valence-corrected chi connectivity index (χ1v) is 9.08. The van der Waals surface area contributed by atoms with Crippen LogP contribution in [-0.4, -0.2) is 24.8 Å². The van der Waals surface area contributed by atoms with Crippen molar-refractivity contribution < 1.29 is 23.5 Å². The summed E-state index contributed by atoms with van der Waals surface area (Å²) in [5.41, 5.74) is 1.38. The molecule has 0 aliphatic carbocycles. The second kappa shape index (κ2) is 8.48. The van der Waals surface area contributed by atoms with Crippen LogP contribution in [0, 0.1) is 0 Å². The van der Waals surface area contributed by atoms with Crippen LogP contribution in [0.4, 0.5) is 0 Å². The number of hydrogen-bond acceptors (Lipinski definition) is 6. The number of carbonyl (C=O) groups is 1. The van der Waals surface area contributed by atoms with E-state index in [0.29, 0.717) is 17.2 Å². The molecule has 0 fully saturated rings. The standard InChI is InChI=1S/C23H19NO5/c1-26-20-9-7-17(8-10-20)22-13-19(24-29-22)14-28-23(25)15-27-21-11-6-16-4-2-3-5-18(16)12-21/h2-13H,14-15H2,1H3. The van der Waals surface area contributed by atoms with Gasteiger partial charge in [0.2, 0.25) is 0 Å². The molecule has 0 atom stereocenters. The molecule has 0 N–H and O–H groups in total. The van der Waals surface area contributed by atoms with Gasteiger partial charge in [-0.3, -0.25) is 0 Å². The zero-order valence-electron chi connectivity index (χ0n) is 15.8. The Morgan fingerprint density at radius 2 is 1.69 bits per heavy atom. The van der Waals surface area contributed by atoms with Crippen LogP contribution in [0.25, 0.3) is 22.1 Å². The van der Waals surface area contributed by atoms with Gasteiger partial charge in [0.05, 0.1) is 7.11 Å². The van der Waals surface area contributed by atoms with Crippen molar-refractivity contribution in [1.29, 1.82) is 0 Å². The minimum absolute atomic E-state index is 0.0135. The van der Waals surface area contributed by atoms with Gasteiger partial charge in [0.15, 0.2) is 12.4 Å². The Labute approximate surface area is 167 Å². The van der Waals surface area contributed by atoms with Gasteiger partial charge in [-0.15, -0.1) is 0 Å². The van der Waals surface area contributed by atoms with E-state index < -0.39 is 5.97 Å². The molecule has 0 saturated carbocycles. The quantitative estimate of drug-likeness (QED) is 0.429. The molecule has 1 aromatic heterocycles. The van der Waals surface area contributed by atoms with Crippen molar-refractivity contribution >= 4 is 16.7 Å². The summed E-state index contributed by atoms with van der Waals surface area (Å²) in [5.74, 6) is 1.48. The monoisotopic (exact) mass is 389 g/mol. The summed E-state index contributed by atoms with van der Waals surface area (Å²) in [7, 11) is 1.61. The number of methoxy groups -OCH3 is 1. The van der Waals surface area contributed by atoms with E-state index in [1.54, 1.807) is 13.2 Å². The third-order valence-electron chi connectivity index (χ3n) is 4.39. The summed E-state index contributed by atoms with van der Waals surface area (Å²) in [6.45, 7) is -0.166. The lowest BCUT2D eigenvalue weighted by molar-refractivity contribution is -0.147. The lowest BCUT2D eigenvalue weighted by Crippen LogP contribution is -2.14. The minimum atomic E-state index is -0.479. The van der Waals surface area contributed by atoms with E-state index in [2.05, 4.69) is 5.16 Å². The van der Waals surface area contributed by atoms with Gasteiger partial charge in [-0.2, -0.15) is 0 Å². The van der Waals surface area contributed by atoms with Gasteiger partial charge >= 0.3 is 5.97 Å². The highest BCUT2D eigenvalue weighted by Gasteiger charge is 2.10. The third kappa shape index (κ3) is 4.55. The van der Waals surface area contributed by atoms with Crippen molar-refractivity contribution in [3.63, 3.8) is 0 Å². The molecule has 6 heteroatoms. The van der Waals surface area contributed by atoms with Gasteiger partial charge in [0.25, 0.3) is 0 Å². The molecule has 0 aliphatic rings. The highest BCUT2D eigenvalue weighted by Crippen LogP contribution is 2.23. The van der Waals surface area contributed by atoms with Gasteiger partial charge in [0.1, 0.15) is 23.8 Å². The maximum Gasteiger partial charge on any atom is 0.344 e. The number of fused-ring (bicyclic) bond motifs is 1. The number of esters is 1. The molecule has 0 unspecified atom stereocenters. The Bertz CT molecular complexity index is 1120. The molecular weight excluding hydrogens is 370 g/mol. The SMILES string of the molecule is COc1ccc(-c2cc(COC(=O)COc3ccc4ccccc4c3)no2)cc1. The van der Waals surface area contributed by atoms with Crippen LogP contribution in [0.3, 0.4) is 0 Å². The van der Waals surface area contributed by atoms with E-state index >= 15 is 0 Å². The molecule has 0 bridgehead atoms. The topological polar surface area (TPSA) is 70.8 Å². The molecule has 0 spiro atoms. The van der Waals surface area contributed by atoms with Crippen molar-refractivity contribution in [2.24, 2.45) is 0 Å². The molecule has 6 nitrogen and oxygen atoms in total. The predicted molar refractivity (Wildman–Crippen MR) is 108 cm³/mol. The fraction of sp³-hybridized carbons (Fsp3) is 0.130. The number of ether oxygens (including phenoxy) is 3. The molecule has 1 heterocycles. The highest BCUT2D eigenvalue weighted by molar-refractivity contribution is 5.83. The molecule has 3 aromatic carbocycles. The van der Waals surface area contributed by atoms with Crippen LogP contribution in [0.1, 0.15) is 5.69 Å². The van der Waals surface area contributed by atoms with Crippen molar-refractivity contribution in [3.05, 3.63) is 78.5 Å². The largest absolute Gasteiger partial charge is 0.497 e. The molecule has 0 saturated heterocycles. The average molecular weight is 389 g/mol. The van der Waals surface area contributed by atoms with Gasteiger partial charge in [-0.25, -0.2) is 4.79 Å². The summed E-state index contributed by atoms with van der Waals surface area (Å²) < 4.78 is 21.2. The van der Waals surface area contributed by atoms with Crippen LogP contribution in [0.5, 0.6) is 11.5 Å². The normalized spacial score (nSPS) is 10.7. The summed E-state index contributed by atoms with van der Waals surface area (Å²) in [6.07, 6.45) is 0. The fourth-order valence-electron chi connectivity index (χ4n) is 2.87. The Kier molecular flexibility index (Phi) is 5.42. The van der Waals surface area contributed by atoms with Crippen LogP contribution in [0.2, 0.25) is 0 Å². The second-order valence-corrected chi connectivity index (χ2v) is 6.37. The third-order valence-corrected chi connectivity index (χ3v) is 4.39. The molecule has 4 rings (SSSR count). The Morgan fingerprint density at radius 1 is 0.931 bits per heavy atom. The van der Waals surface area contributed by atoms with E-state index in [4.69, 9.17) is 18.7 Å². The smallest absolute Gasteiger partial charge is 0.344 e. The molecule has 0 aliphatic heterocycles. The van der Waals surface area contributed by atoms with Gasteiger partial charge < -0.3 is 18.7 Å².